The molecule has 1 aliphatic rings. The van der Waals surface area contributed by atoms with E-state index < -0.39 is 5.54 Å². The van der Waals surface area contributed by atoms with E-state index in [2.05, 4.69) is 43.8 Å². The van der Waals surface area contributed by atoms with Crippen molar-refractivity contribution in [3.63, 3.8) is 0 Å². The van der Waals surface area contributed by atoms with E-state index in [0.717, 1.165) is 51.5 Å². The van der Waals surface area contributed by atoms with Gasteiger partial charge in [0.05, 0.1) is 23.6 Å². The molecule has 6 nitrogen and oxygen atoms in total. The Hall–Kier alpha value is -4.19. The second kappa shape index (κ2) is 10.9. The average molecular weight is 518 g/mol. The van der Waals surface area contributed by atoms with Gasteiger partial charge in [-0.2, -0.15) is 0 Å². The van der Waals surface area contributed by atoms with Crippen LogP contribution in [0.15, 0.2) is 91.5 Å². The molecular formula is C33H35N5O. The zero-order valence-corrected chi connectivity index (χ0v) is 22.4. The highest BCUT2D eigenvalue weighted by molar-refractivity contribution is 5.97. The number of amides is 1. The lowest BCUT2D eigenvalue weighted by Gasteiger charge is -2.36. The zero-order valence-electron chi connectivity index (χ0n) is 22.4. The Morgan fingerprint density at radius 1 is 0.974 bits per heavy atom. The first kappa shape index (κ1) is 25.1. The maximum Gasteiger partial charge on any atom is 0.246 e. The predicted molar refractivity (Wildman–Crippen MR) is 157 cm³/mol. The van der Waals surface area contributed by atoms with Crippen molar-refractivity contribution in [3.8, 4) is 0 Å². The number of H-pyrrole nitrogens is 1. The molecular weight excluding hydrogens is 482 g/mol. The molecule has 2 atom stereocenters. The molecule has 0 aliphatic heterocycles. The number of fused-ring (bicyclic) bond motifs is 2. The minimum absolute atomic E-state index is 0.0399. The van der Waals surface area contributed by atoms with Crippen molar-refractivity contribution in [2.24, 2.45) is 5.92 Å². The smallest absolute Gasteiger partial charge is 0.246 e. The van der Waals surface area contributed by atoms with Crippen molar-refractivity contribution in [1.82, 2.24) is 20.3 Å². The van der Waals surface area contributed by atoms with Gasteiger partial charge in [0.1, 0.15) is 5.54 Å². The first-order valence-corrected chi connectivity index (χ1v) is 14.0. The summed E-state index contributed by atoms with van der Waals surface area (Å²) < 4.78 is 0. The van der Waals surface area contributed by atoms with Crippen molar-refractivity contribution in [1.29, 1.82) is 0 Å². The van der Waals surface area contributed by atoms with Crippen molar-refractivity contribution in [2.75, 3.05) is 5.32 Å². The monoisotopic (exact) mass is 517 g/mol. The molecule has 198 valence electrons. The third kappa shape index (κ3) is 5.24. The Bertz CT molecular complexity index is 1570. The highest BCUT2D eigenvalue weighted by Gasteiger charge is 2.38. The van der Waals surface area contributed by atoms with Gasteiger partial charge in [-0.05, 0) is 49.4 Å². The number of aromatic nitrogens is 3. The maximum absolute atomic E-state index is 14.5. The molecule has 1 aliphatic carbocycles. The molecule has 1 amide bonds. The van der Waals surface area contributed by atoms with Crippen LogP contribution in [0.1, 0.15) is 56.3 Å². The number of nitrogens with zero attached hydrogens (tertiary/aromatic N) is 2. The molecule has 6 heteroatoms. The van der Waals surface area contributed by atoms with Gasteiger partial charge >= 0.3 is 0 Å². The molecule has 3 heterocycles. The van der Waals surface area contributed by atoms with E-state index in [1.807, 2.05) is 80.2 Å². The van der Waals surface area contributed by atoms with Crippen LogP contribution in [0.5, 0.6) is 0 Å². The lowest BCUT2D eigenvalue weighted by atomic mass is 9.81. The number of carbonyl (C=O) groups excluding carboxylic acids is 1. The van der Waals surface area contributed by atoms with E-state index in [-0.39, 0.29) is 11.9 Å². The lowest BCUT2D eigenvalue weighted by molar-refractivity contribution is -0.126. The summed E-state index contributed by atoms with van der Waals surface area (Å²) >= 11 is 0. The summed E-state index contributed by atoms with van der Waals surface area (Å²) in [4.78, 5) is 27.0. The van der Waals surface area contributed by atoms with E-state index >= 15 is 0 Å². The average Bonchev–Trinajstić information content (AvgIpc) is 3.39. The normalized spacial score (nSPS) is 16.5. The second-order valence-corrected chi connectivity index (χ2v) is 11.0. The maximum atomic E-state index is 14.5. The molecule has 2 unspecified atom stereocenters. The van der Waals surface area contributed by atoms with Crippen LogP contribution in [-0.2, 0) is 11.2 Å². The second-order valence-electron chi connectivity index (χ2n) is 11.0. The van der Waals surface area contributed by atoms with Crippen LogP contribution in [0.4, 0.5) is 5.69 Å². The summed E-state index contributed by atoms with van der Waals surface area (Å²) in [5, 5.41) is 10.3. The zero-order chi connectivity index (χ0) is 26.7. The molecule has 1 fully saturated rings. The molecule has 0 spiro atoms. The molecule has 0 saturated heterocycles. The fraction of sp³-hybridized carbons (Fsp3) is 0.303. The molecule has 3 N–H and O–H groups in total. The summed E-state index contributed by atoms with van der Waals surface area (Å²) in [6, 6.07) is 22.2. The number of pyridine rings is 2. The Kier molecular flexibility index (Phi) is 7.01. The van der Waals surface area contributed by atoms with E-state index in [9.17, 15) is 4.79 Å². The van der Waals surface area contributed by atoms with E-state index in [1.165, 1.54) is 19.3 Å². The largest absolute Gasteiger partial charge is 0.369 e. The van der Waals surface area contributed by atoms with Gasteiger partial charge in [0.25, 0.3) is 0 Å². The molecule has 5 aromatic rings. The molecule has 6 rings (SSSR count). The Balaban J connectivity index is 1.38. The van der Waals surface area contributed by atoms with Gasteiger partial charge in [0.2, 0.25) is 5.91 Å². The molecule has 0 bridgehead atoms. The van der Waals surface area contributed by atoms with Crippen LogP contribution in [0.25, 0.3) is 21.7 Å². The van der Waals surface area contributed by atoms with Gasteiger partial charge in [-0.1, -0.05) is 67.8 Å². The molecule has 2 aromatic carbocycles. The standard InChI is InChI=1S/C33H35N5O/c1-33(19-25-21-36-28-16-8-7-15-27(25)28,38-30-22-34-20-24-13-5-6-14-26(24)30)32(39)37-31(23-11-3-2-4-12-23)29-17-9-10-18-35-29/h5-10,13-18,20-23,31,36,38H,2-4,11-12,19H2,1H3,(H,37,39). The van der Waals surface area contributed by atoms with E-state index in [4.69, 9.17) is 0 Å². The third-order valence-corrected chi connectivity index (χ3v) is 8.21. The van der Waals surface area contributed by atoms with Gasteiger partial charge in [0, 0.05) is 46.7 Å². The third-order valence-electron chi connectivity index (χ3n) is 8.21. The van der Waals surface area contributed by atoms with Crippen molar-refractivity contribution in [2.45, 2.75) is 57.0 Å². The van der Waals surface area contributed by atoms with Gasteiger partial charge in [0.15, 0.2) is 0 Å². The first-order chi connectivity index (χ1) is 19.1. The number of anilines is 1. The fourth-order valence-corrected chi connectivity index (χ4v) is 6.11. The predicted octanol–water partition coefficient (Wildman–Crippen LogP) is 6.96. The highest BCUT2D eigenvalue weighted by atomic mass is 16.2. The minimum atomic E-state index is -0.946. The van der Waals surface area contributed by atoms with Crippen LogP contribution in [0.2, 0.25) is 0 Å². The lowest BCUT2D eigenvalue weighted by Crippen LogP contribution is -2.53. The topological polar surface area (TPSA) is 82.7 Å². The fourth-order valence-electron chi connectivity index (χ4n) is 6.11. The molecule has 1 saturated carbocycles. The number of aromatic amines is 1. The Morgan fingerprint density at radius 3 is 2.56 bits per heavy atom. The quantitative estimate of drug-likeness (QED) is 0.208. The molecule has 39 heavy (non-hydrogen) atoms. The summed E-state index contributed by atoms with van der Waals surface area (Å²) in [6.07, 6.45) is 13.9. The van der Waals surface area contributed by atoms with Crippen LogP contribution in [-0.4, -0.2) is 26.4 Å². The number of rotatable bonds is 8. The van der Waals surface area contributed by atoms with Crippen LogP contribution in [0, 0.1) is 5.92 Å². The van der Waals surface area contributed by atoms with E-state index in [1.54, 1.807) is 0 Å². The number of hydrogen-bond acceptors (Lipinski definition) is 4. The SMILES string of the molecule is CC(Cc1c[nH]c2ccccc12)(Nc1cncc2ccccc12)C(=O)NC(c1ccccn1)C1CCCCC1. The minimum Gasteiger partial charge on any atom is -0.369 e. The summed E-state index contributed by atoms with van der Waals surface area (Å²) in [6.45, 7) is 2.00. The van der Waals surface area contributed by atoms with Crippen LogP contribution < -0.4 is 10.6 Å². The number of benzene rings is 2. The van der Waals surface area contributed by atoms with Gasteiger partial charge in [-0.3, -0.25) is 14.8 Å². The van der Waals surface area contributed by atoms with Gasteiger partial charge in [-0.25, -0.2) is 0 Å². The first-order valence-electron chi connectivity index (χ1n) is 14.0. The molecule has 0 radical (unpaired) electrons. The van der Waals surface area contributed by atoms with Gasteiger partial charge < -0.3 is 15.6 Å². The van der Waals surface area contributed by atoms with Crippen molar-refractivity contribution in [3.05, 3.63) is 103 Å². The number of para-hydroxylation sites is 1. The van der Waals surface area contributed by atoms with Crippen molar-refractivity contribution >= 4 is 33.3 Å². The number of nitrogens with one attached hydrogen (secondary N) is 3. The summed E-state index contributed by atoms with van der Waals surface area (Å²) in [5.74, 6) is 0.330. The van der Waals surface area contributed by atoms with Crippen molar-refractivity contribution < 1.29 is 4.79 Å². The van der Waals surface area contributed by atoms with E-state index in [0.29, 0.717) is 12.3 Å². The van der Waals surface area contributed by atoms with Gasteiger partial charge in [-0.15, -0.1) is 0 Å². The Labute approximate surface area is 229 Å². The summed E-state index contributed by atoms with van der Waals surface area (Å²) in [5.41, 5.74) is 2.99. The van der Waals surface area contributed by atoms with Crippen LogP contribution in [0.3, 0.4) is 0 Å². The molecule has 3 aromatic heterocycles. The summed E-state index contributed by atoms with van der Waals surface area (Å²) in [7, 11) is 0. The van der Waals surface area contributed by atoms with Crippen LogP contribution >= 0.6 is 0 Å². The highest BCUT2D eigenvalue weighted by Crippen LogP contribution is 2.35. The Morgan fingerprint density at radius 2 is 1.74 bits per heavy atom. The number of hydrogen-bond donors (Lipinski definition) is 3. The number of carbonyl (C=O) groups is 1.